The molecule has 0 saturated heterocycles. The fourth-order valence-electron chi connectivity index (χ4n) is 2.06. The van der Waals surface area contributed by atoms with Crippen LogP contribution in [0, 0.1) is 0 Å². The van der Waals surface area contributed by atoms with E-state index in [0.29, 0.717) is 12.8 Å². The van der Waals surface area contributed by atoms with Crippen LogP contribution in [0.3, 0.4) is 0 Å². The van der Waals surface area contributed by atoms with Gasteiger partial charge in [0.1, 0.15) is 17.2 Å². The van der Waals surface area contributed by atoms with E-state index in [9.17, 15) is 19.8 Å². The number of carbonyl (C=O) groups is 2. The van der Waals surface area contributed by atoms with E-state index in [1.807, 2.05) is 0 Å². The zero-order valence-corrected chi connectivity index (χ0v) is 12.5. The first-order chi connectivity index (χ1) is 10.5. The van der Waals surface area contributed by atoms with Crippen molar-refractivity contribution in [1.29, 1.82) is 0 Å². The van der Waals surface area contributed by atoms with Crippen molar-refractivity contribution in [2.45, 2.75) is 51.4 Å². The van der Waals surface area contributed by atoms with Gasteiger partial charge in [-0.25, -0.2) is 0 Å². The zero-order chi connectivity index (χ0) is 16.4. The molecule has 1 rings (SSSR count). The molecule has 0 radical (unpaired) electrons. The Labute approximate surface area is 129 Å². The number of aliphatic carboxylic acids is 1. The summed E-state index contributed by atoms with van der Waals surface area (Å²) in [5.74, 6) is -1.37. The number of hydrogen-bond acceptors (Lipinski definition) is 5. The Bertz CT molecular complexity index is 477. The summed E-state index contributed by atoms with van der Waals surface area (Å²) in [6, 6.07) is 3.68. The smallest absolute Gasteiger partial charge is 0.311 e. The lowest BCUT2D eigenvalue weighted by atomic mass is 10.1. The first kappa shape index (κ1) is 17.8. The molecule has 6 heteroatoms. The SMILES string of the molecule is O=C(O)CCCCCCCCC(=O)Oc1cc(O)cc(O)c1. The van der Waals surface area contributed by atoms with Gasteiger partial charge in [-0.2, -0.15) is 0 Å². The van der Waals surface area contributed by atoms with E-state index in [1.54, 1.807) is 0 Å². The number of aromatic hydroxyl groups is 2. The minimum atomic E-state index is -0.763. The Morgan fingerprint density at radius 1 is 0.818 bits per heavy atom. The van der Waals surface area contributed by atoms with Gasteiger partial charge in [0.05, 0.1) is 0 Å². The number of rotatable bonds is 10. The molecule has 122 valence electrons. The molecule has 22 heavy (non-hydrogen) atoms. The molecule has 0 heterocycles. The molecule has 0 bridgehead atoms. The van der Waals surface area contributed by atoms with E-state index in [4.69, 9.17) is 9.84 Å². The second-order valence-electron chi connectivity index (χ2n) is 5.17. The van der Waals surface area contributed by atoms with Crippen LogP contribution in [0.5, 0.6) is 17.2 Å². The number of esters is 1. The van der Waals surface area contributed by atoms with E-state index < -0.39 is 11.9 Å². The lowest BCUT2D eigenvalue weighted by Crippen LogP contribution is -2.07. The van der Waals surface area contributed by atoms with Gasteiger partial charge in [0.2, 0.25) is 0 Å². The molecular weight excluding hydrogens is 288 g/mol. The third-order valence-corrected chi connectivity index (χ3v) is 3.13. The van der Waals surface area contributed by atoms with Crippen LogP contribution in [0.25, 0.3) is 0 Å². The first-order valence-corrected chi connectivity index (χ1v) is 7.43. The molecule has 0 spiro atoms. The Balaban J connectivity index is 2.10. The minimum Gasteiger partial charge on any atom is -0.508 e. The molecule has 0 aliphatic heterocycles. The second kappa shape index (κ2) is 9.65. The van der Waals surface area contributed by atoms with E-state index in [2.05, 4.69) is 0 Å². The number of benzene rings is 1. The molecule has 0 fully saturated rings. The predicted octanol–water partition coefficient (Wildman–Crippen LogP) is 3.21. The lowest BCUT2D eigenvalue weighted by Gasteiger charge is -2.05. The Hall–Kier alpha value is -2.24. The van der Waals surface area contributed by atoms with Gasteiger partial charge in [-0.3, -0.25) is 9.59 Å². The first-order valence-electron chi connectivity index (χ1n) is 7.43. The maximum Gasteiger partial charge on any atom is 0.311 e. The van der Waals surface area contributed by atoms with Crippen molar-refractivity contribution in [1.82, 2.24) is 0 Å². The van der Waals surface area contributed by atoms with Crippen molar-refractivity contribution in [3.05, 3.63) is 18.2 Å². The Kier molecular flexibility index (Phi) is 7.81. The average Bonchev–Trinajstić information content (AvgIpc) is 2.40. The molecule has 0 unspecified atom stereocenters. The summed E-state index contributed by atoms with van der Waals surface area (Å²) in [5, 5.41) is 27.0. The highest BCUT2D eigenvalue weighted by Gasteiger charge is 2.07. The number of ether oxygens (including phenoxy) is 1. The lowest BCUT2D eigenvalue weighted by molar-refractivity contribution is -0.137. The summed E-state index contributed by atoms with van der Waals surface area (Å²) < 4.78 is 5.02. The van der Waals surface area contributed by atoms with Crippen molar-refractivity contribution < 1.29 is 29.6 Å². The monoisotopic (exact) mass is 310 g/mol. The summed E-state index contributed by atoms with van der Waals surface area (Å²) in [6.07, 6.45) is 5.56. The largest absolute Gasteiger partial charge is 0.508 e. The van der Waals surface area contributed by atoms with Crippen molar-refractivity contribution in [3.63, 3.8) is 0 Å². The molecule has 1 aromatic rings. The fraction of sp³-hybridized carbons (Fsp3) is 0.500. The van der Waals surface area contributed by atoms with Gasteiger partial charge in [-0.15, -0.1) is 0 Å². The number of carboxylic acid groups (broad SMARTS) is 1. The topological polar surface area (TPSA) is 104 Å². The Morgan fingerprint density at radius 3 is 1.86 bits per heavy atom. The Morgan fingerprint density at radius 2 is 1.32 bits per heavy atom. The molecule has 0 aliphatic carbocycles. The number of phenolic OH excluding ortho intramolecular Hbond substituents is 2. The molecule has 0 saturated carbocycles. The van der Waals surface area contributed by atoms with E-state index in [1.165, 1.54) is 12.1 Å². The van der Waals surface area contributed by atoms with Crippen molar-refractivity contribution in [2.75, 3.05) is 0 Å². The highest BCUT2D eigenvalue weighted by atomic mass is 16.5. The van der Waals surface area contributed by atoms with Crippen molar-refractivity contribution in [2.24, 2.45) is 0 Å². The average molecular weight is 310 g/mol. The third kappa shape index (κ3) is 8.14. The number of hydrogen-bond donors (Lipinski definition) is 3. The number of phenols is 2. The van der Waals surface area contributed by atoms with Crippen molar-refractivity contribution in [3.8, 4) is 17.2 Å². The van der Waals surface area contributed by atoms with E-state index in [-0.39, 0.29) is 30.1 Å². The van der Waals surface area contributed by atoms with Gasteiger partial charge in [0.15, 0.2) is 0 Å². The van der Waals surface area contributed by atoms with Crippen LogP contribution in [-0.2, 0) is 9.59 Å². The van der Waals surface area contributed by atoms with E-state index >= 15 is 0 Å². The highest BCUT2D eigenvalue weighted by Crippen LogP contribution is 2.26. The number of unbranched alkanes of at least 4 members (excludes halogenated alkanes) is 5. The summed E-state index contributed by atoms with van der Waals surface area (Å²) in [4.78, 5) is 21.9. The number of carboxylic acids is 1. The van der Waals surface area contributed by atoms with Crippen LogP contribution in [-0.4, -0.2) is 27.3 Å². The van der Waals surface area contributed by atoms with Gasteiger partial charge in [0.25, 0.3) is 0 Å². The van der Waals surface area contributed by atoms with Crippen LogP contribution < -0.4 is 4.74 Å². The molecule has 3 N–H and O–H groups in total. The quantitative estimate of drug-likeness (QED) is 0.348. The van der Waals surface area contributed by atoms with Crippen LogP contribution in [0.15, 0.2) is 18.2 Å². The zero-order valence-electron chi connectivity index (χ0n) is 12.5. The minimum absolute atomic E-state index is 0.121. The van der Waals surface area contributed by atoms with Crippen LogP contribution in [0.4, 0.5) is 0 Å². The molecule has 0 atom stereocenters. The molecule has 0 amide bonds. The van der Waals surface area contributed by atoms with Gasteiger partial charge in [0, 0.05) is 31.0 Å². The second-order valence-corrected chi connectivity index (χ2v) is 5.17. The number of carbonyl (C=O) groups excluding carboxylic acids is 1. The van der Waals surface area contributed by atoms with Crippen LogP contribution in [0.2, 0.25) is 0 Å². The normalized spacial score (nSPS) is 10.4. The van der Waals surface area contributed by atoms with Crippen molar-refractivity contribution >= 4 is 11.9 Å². The standard InChI is InChI=1S/C16H22O6/c17-12-9-13(18)11-14(10-12)22-16(21)8-6-4-2-1-3-5-7-15(19)20/h9-11,17-18H,1-8H2,(H,19,20). The van der Waals surface area contributed by atoms with Crippen LogP contribution >= 0.6 is 0 Å². The molecule has 6 nitrogen and oxygen atoms in total. The molecular formula is C16H22O6. The molecule has 0 aliphatic rings. The predicted molar refractivity (Wildman–Crippen MR) is 80.0 cm³/mol. The van der Waals surface area contributed by atoms with Crippen LogP contribution in [0.1, 0.15) is 51.4 Å². The van der Waals surface area contributed by atoms with E-state index in [0.717, 1.165) is 31.7 Å². The van der Waals surface area contributed by atoms with Gasteiger partial charge in [-0.1, -0.05) is 25.7 Å². The highest BCUT2D eigenvalue weighted by molar-refractivity contribution is 5.72. The molecule has 0 aromatic heterocycles. The maximum absolute atomic E-state index is 11.6. The summed E-state index contributed by atoms with van der Waals surface area (Å²) >= 11 is 0. The van der Waals surface area contributed by atoms with Gasteiger partial charge < -0.3 is 20.1 Å². The summed E-state index contributed by atoms with van der Waals surface area (Å²) in [7, 11) is 0. The third-order valence-electron chi connectivity index (χ3n) is 3.13. The van der Waals surface area contributed by atoms with Gasteiger partial charge in [-0.05, 0) is 12.8 Å². The summed E-state index contributed by atoms with van der Waals surface area (Å²) in [5.41, 5.74) is 0. The molecule has 1 aromatic carbocycles. The fourth-order valence-corrected chi connectivity index (χ4v) is 2.06. The maximum atomic E-state index is 11.6. The summed E-state index contributed by atoms with van der Waals surface area (Å²) in [6.45, 7) is 0. The van der Waals surface area contributed by atoms with Gasteiger partial charge >= 0.3 is 11.9 Å².